The number of carbonyl (C=O) groups is 1. The van der Waals surface area contributed by atoms with Crippen LogP contribution in [0.15, 0.2) is 48.5 Å². The highest BCUT2D eigenvalue weighted by Crippen LogP contribution is 2.27. The summed E-state index contributed by atoms with van der Waals surface area (Å²) in [6.07, 6.45) is 1.83. The molecule has 5 nitrogen and oxygen atoms in total. The average molecular weight is 440 g/mol. The number of aryl methyl sites for hydroxylation is 1. The molecule has 3 rings (SSSR count). The number of halogens is 1. The number of hydrogen-bond donors (Lipinski definition) is 1. The van der Waals surface area contributed by atoms with Crippen LogP contribution in [0.1, 0.15) is 61.6 Å². The lowest BCUT2D eigenvalue weighted by atomic mass is 9.98. The maximum atomic E-state index is 12.7. The number of esters is 1. The second kappa shape index (κ2) is 9.67. The Kier molecular flexibility index (Phi) is 7.19. The summed E-state index contributed by atoms with van der Waals surface area (Å²) in [6.45, 7) is 8.71. The molecule has 1 heterocycles. The molecule has 0 radical (unpaired) electrons. The Balaban J connectivity index is 1.88. The van der Waals surface area contributed by atoms with Crippen molar-refractivity contribution in [2.75, 3.05) is 0 Å². The van der Waals surface area contributed by atoms with Gasteiger partial charge in [-0.15, -0.1) is 0 Å². The molecular weight excluding hydrogens is 410 g/mol. The van der Waals surface area contributed by atoms with Gasteiger partial charge in [0.25, 0.3) is 0 Å². The van der Waals surface area contributed by atoms with E-state index in [0.29, 0.717) is 23.8 Å². The van der Waals surface area contributed by atoms with Crippen LogP contribution in [0.2, 0.25) is 5.15 Å². The quantitative estimate of drug-likeness (QED) is 0.485. The highest BCUT2D eigenvalue weighted by Gasteiger charge is 2.21. The molecule has 0 aliphatic carbocycles. The Morgan fingerprint density at radius 2 is 1.81 bits per heavy atom. The molecule has 0 aliphatic heterocycles. The SMILES string of the molecule is CCCc1nc(Cl)c(CN)n1Cc1ccc(-c2ccccc2C(=O)OC(C)(C)C)cc1. The third-order valence-corrected chi connectivity index (χ3v) is 5.22. The van der Waals surface area contributed by atoms with E-state index in [-0.39, 0.29) is 5.97 Å². The molecule has 3 aromatic rings. The molecule has 6 heteroatoms. The second-order valence-electron chi connectivity index (χ2n) is 8.55. The first-order chi connectivity index (χ1) is 14.7. The van der Waals surface area contributed by atoms with Crippen molar-refractivity contribution >= 4 is 17.6 Å². The minimum atomic E-state index is -0.545. The van der Waals surface area contributed by atoms with E-state index in [0.717, 1.165) is 41.1 Å². The van der Waals surface area contributed by atoms with Crippen LogP contribution in [-0.2, 0) is 24.2 Å². The lowest BCUT2D eigenvalue weighted by molar-refractivity contribution is 0.00704. The molecule has 0 bridgehead atoms. The summed E-state index contributed by atoms with van der Waals surface area (Å²) < 4.78 is 7.69. The molecule has 2 aromatic carbocycles. The van der Waals surface area contributed by atoms with E-state index in [1.807, 2.05) is 51.1 Å². The first-order valence-corrected chi connectivity index (χ1v) is 11.0. The highest BCUT2D eigenvalue weighted by atomic mass is 35.5. The Labute approximate surface area is 189 Å². The number of nitrogens with two attached hydrogens (primary N) is 1. The van der Waals surface area contributed by atoms with Gasteiger partial charge in [0, 0.05) is 19.5 Å². The van der Waals surface area contributed by atoms with Crippen molar-refractivity contribution in [3.63, 3.8) is 0 Å². The van der Waals surface area contributed by atoms with Crippen LogP contribution >= 0.6 is 11.6 Å². The number of benzene rings is 2. The summed E-state index contributed by atoms with van der Waals surface area (Å²) in [4.78, 5) is 17.2. The van der Waals surface area contributed by atoms with E-state index >= 15 is 0 Å². The van der Waals surface area contributed by atoms with Gasteiger partial charge in [0.05, 0.1) is 11.3 Å². The zero-order valence-corrected chi connectivity index (χ0v) is 19.4. The molecule has 2 N–H and O–H groups in total. The van der Waals surface area contributed by atoms with E-state index < -0.39 is 5.60 Å². The molecule has 164 valence electrons. The Morgan fingerprint density at radius 1 is 1.13 bits per heavy atom. The predicted octanol–water partition coefficient (Wildman–Crippen LogP) is 5.62. The molecule has 0 fully saturated rings. The number of carbonyl (C=O) groups excluding carboxylic acids is 1. The Bertz CT molecular complexity index is 1050. The minimum Gasteiger partial charge on any atom is -0.456 e. The summed E-state index contributed by atoms with van der Waals surface area (Å²) in [5.74, 6) is 0.629. The fourth-order valence-corrected chi connectivity index (χ4v) is 3.80. The van der Waals surface area contributed by atoms with Gasteiger partial charge in [-0.25, -0.2) is 9.78 Å². The molecule has 31 heavy (non-hydrogen) atoms. The molecule has 0 atom stereocenters. The first-order valence-electron chi connectivity index (χ1n) is 10.6. The summed E-state index contributed by atoms with van der Waals surface area (Å²) in [6, 6.07) is 15.7. The average Bonchev–Trinajstić information content (AvgIpc) is 3.01. The summed E-state index contributed by atoms with van der Waals surface area (Å²) in [7, 11) is 0. The van der Waals surface area contributed by atoms with Gasteiger partial charge in [0.15, 0.2) is 5.15 Å². The van der Waals surface area contributed by atoms with Gasteiger partial charge in [-0.2, -0.15) is 0 Å². The zero-order valence-electron chi connectivity index (χ0n) is 18.6. The van der Waals surface area contributed by atoms with Crippen LogP contribution in [0, 0.1) is 0 Å². The van der Waals surface area contributed by atoms with Crippen LogP contribution in [0.4, 0.5) is 0 Å². The van der Waals surface area contributed by atoms with Crippen molar-refractivity contribution in [1.29, 1.82) is 0 Å². The van der Waals surface area contributed by atoms with Crippen molar-refractivity contribution in [1.82, 2.24) is 9.55 Å². The molecule has 0 spiro atoms. The van der Waals surface area contributed by atoms with E-state index in [1.165, 1.54) is 0 Å². The molecular formula is C25H30ClN3O2. The number of nitrogens with zero attached hydrogens (tertiary/aromatic N) is 2. The fraction of sp³-hybridized carbons (Fsp3) is 0.360. The number of imidazole rings is 1. The van der Waals surface area contributed by atoms with E-state index in [9.17, 15) is 4.79 Å². The van der Waals surface area contributed by atoms with Gasteiger partial charge in [-0.3, -0.25) is 0 Å². The van der Waals surface area contributed by atoms with Crippen molar-refractivity contribution in [2.45, 2.75) is 59.2 Å². The third kappa shape index (κ3) is 5.54. The van der Waals surface area contributed by atoms with Crippen LogP contribution < -0.4 is 5.73 Å². The number of aromatic nitrogens is 2. The summed E-state index contributed by atoms with van der Waals surface area (Å²) in [5, 5.41) is 0.480. The lowest BCUT2D eigenvalue weighted by Gasteiger charge is -2.20. The molecule has 0 saturated heterocycles. The van der Waals surface area contributed by atoms with Crippen molar-refractivity contribution < 1.29 is 9.53 Å². The summed E-state index contributed by atoms with van der Waals surface area (Å²) >= 11 is 6.29. The first kappa shape index (κ1) is 23.0. The van der Waals surface area contributed by atoms with Gasteiger partial charge in [0.2, 0.25) is 0 Å². The fourth-order valence-electron chi connectivity index (χ4n) is 3.52. The molecule has 0 aliphatic rings. The largest absolute Gasteiger partial charge is 0.456 e. The Hall–Kier alpha value is -2.63. The van der Waals surface area contributed by atoms with Gasteiger partial charge in [0.1, 0.15) is 11.4 Å². The third-order valence-electron chi connectivity index (χ3n) is 4.92. The maximum absolute atomic E-state index is 12.7. The number of ether oxygens (including phenoxy) is 1. The van der Waals surface area contributed by atoms with Crippen LogP contribution in [0.3, 0.4) is 0 Å². The lowest BCUT2D eigenvalue weighted by Crippen LogP contribution is -2.24. The monoisotopic (exact) mass is 439 g/mol. The van der Waals surface area contributed by atoms with Crippen LogP contribution in [0.5, 0.6) is 0 Å². The van der Waals surface area contributed by atoms with Gasteiger partial charge in [-0.05, 0) is 49.9 Å². The van der Waals surface area contributed by atoms with E-state index in [4.69, 9.17) is 22.1 Å². The molecule has 0 saturated carbocycles. The predicted molar refractivity (Wildman–Crippen MR) is 125 cm³/mol. The Morgan fingerprint density at radius 3 is 2.42 bits per heavy atom. The topological polar surface area (TPSA) is 70.1 Å². The highest BCUT2D eigenvalue weighted by molar-refractivity contribution is 6.30. The van der Waals surface area contributed by atoms with Gasteiger partial charge in [-0.1, -0.05) is 61.0 Å². The molecule has 0 unspecified atom stereocenters. The van der Waals surface area contributed by atoms with Crippen LogP contribution in [-0.4, -0.2) is 21.1 Å². The summed E-state index contributed by atoms with van der Waals surface area (Å²) in [5.41, 5.74) is 9.70. The van der Waals surface area contributed by atoms with E-state index in [2.05, 4.69) is 28.6 Å². The van der Waals surface area contributed by atoms with E-state index in [1.54, 1.807) is 6.07 Å². The van der Waals surface area contributed by atoms with Gasteiger partial charge >= 0.3 is 5.97 Å². The van der Waals surface area contributed by atoms with Crippen molar-refractivity contribution in [2.24, 2.45) is 5.73 Å². The zero-order chi connectivity index (χ0) is 22.6. The second-order valence-corrected chi connectivity index (χ2v) is 8.91. The van der Waals surface area contributed by atoms with Crippen LogP contribution in [0.25, 0.3) is 11.1 Å². The van der Waals surface area contributed by atoms with Gasteiger partial charge < -0.3 is 15.0 Å². The smallest absolute Gasteiger partial charge is 0.339 e. The number of rotatable bonds is 7. The van der Waals surface area contributed by atoms with Crippen molar-refractivity contribution in [3.05, 3.63) is 76.3 Å². The number of hydrogen-bond acceptors (Lipinski definition) is 4. The molecule has 1 aromatic heterocycles. The standard InChI is InChI=1S/C25H30ClN3O2/c1-5-8-22-28-23(26)21(15-27)29(22)16-17-11-13-18(14-12-17)19-9-6-7-10-20(19)24(30)31-25(2,3)4/h6-7,9-14H,5,8,15-16,27H2,1-4H3. The minimum absolute atomic E-state index is 0.322. The van der Waals surface area contributed by atoms with Crippen molar-refractivity contribution in [3.8, 4) is 11.1 Å². The normalized spacial score (nSPS) is 11.5. The molecule has 0 amide bonds. The maximum Gasteiger partial charge on any atom is 0.339 e.